The highest BCUT2D eigenvalue weighted by Crippen LogP contribution is 2.21. The monoisotopic (exact) mass is 318 g/mol. The van der Waals surface area contributed by atoms with E-state index in [1.807, 2.05) is 30.8 Å². The molecule has 0 aliphatic heterocycles. The Balaban J connectivity index is 0.000000980. The van der Waals surface area contributed by atoms with Crippen molar-refractivity contribution >= 4 is 11.3 Å². The van der Waals surface area contributed by atoms with E-state index in [1.54, 1.807) is 11.3 Å². The lowest BCUT2D eigenvalue weighted by Crippen LogP contribution is -3.00. The standard InChI is InChI=1S/C10H11N2S.HI/c1-8-7-13-10(11-8)9-4-3-5-12(2)6-9;/h3-7H,1-2H3;1H/q+1;/p-1. The largest absolute Gasteiger partial charge is 1.00 e. The molecule has 0 N–H and O–H groups in total. The lowest BCUT2D eigenvalue weighted by atomic mass is 10.3. The van der Waals surface area contributed by atoms with Gasteiger partial charge in [-0.25, -0.2) is 9.55 Å². The van der Waals surface area contributed by atoms with Crippen molar-refractivity contribution in [1.29, 1.82) is 0 Å². The third-order valence-corrected chi connectivity index (χ3v) is 2.81. The summed E-state index contributed by atoms with van der Waals surface area (Å²) in [6.07, 6.45) is 4.10. The molecule has 2 nitrogen and oxygen atoms in total. The third-order valence-electron chi connectivity index (χ3n) is 1.81. The van der Waals surface area contributed by atoms with Gasteiger partial charge in [0.25, 0.3) is 0 Å². The number of aromatic nitrogens is 2. The Kier molecular flexibility index (Phi) is 4.00. The highest BCUT2D eigenvalue weighted by atomic mass is 127. The fraction of sp³-hybridized carbons (Fsp3) is 0.200. The zero-order valence-electron chi connectivity index (χ0n) is 8.07. The third kappa shape index (κ3) is 2.51. The van der Waals surface area contributed by atoms with Crippen LogP contribution in [0.4, 0.5) is 0 Å². The van der Waals surface area contributed by atoms with Gasteiger partial charge in [-0.1, -0.05) is 0 Å². The van der Waals surface area contributed by atoms with Crippen LogP contribution in [0.15, 0.2) is 29.9 Å². The quantitative estimate of drug-likeness (QED) is 0.484. The van der Waals surface area contributed by atoms with Crippen LogP contribution in [0.3, 0.4) is 0 Å². The van der Waals surface area contributed by atoms with E-state index < -0.39 is 0 Å². The first-order valence-electron chi connectivity index (χ1n) is 4.13. The highest BCUT2D eigenvalue weighted by Gasteiger charge is 2.04. The number of hydrogen-bond donors (Lipinski definition) is 0. The SMILES string of the molecule is Cc1csc(-c2ccc[n+](C)c2)n1.[I-]. The first-order valence-corrected chi connectivity index (χ1v) is 5.01. The molecule has 0 saturated heterocycles. The minimum Gasteiger partial charge on any atom is -1.00 e. The van der Waals surface area contributed by atoms with Crippen molar-refractivity contribution in [2.24, 2.45) is 7.05 Å². The van der Waals surface area contributed by atoms with Crippen molar-refractivity contribution in [3.63, 3.8) is 0 Å². The normalized spacial score (nSPS) is 9.57. The molecule has 2 rings (SSSR count). The molecule has 0 unspecified atom stereocenters. The van der Waals surface area contributed by atoms with Gasteiger partial charge in [0.2, 0.25) is 0 Å². The number of pyridine rings is 1. The van der Waals surface area contributed by atoms with Crippen LogP contribution in [0.5, 0.6) is 0 Å². The maximum absolute atomic E-state index is 4.43. The molecule has 0 saturated carbocycles. The zero-order valence-corrected chi connectivity index (χ0v) is 11.0. The molecule has 0 spiro atoms. The second-order valence-electron chi connectivity index (χ2n) is 3.05. The van der Waals surface area contributed by atoms with Gasteiger partial charge in [-0.3, -0.25) is 0 Å². The molecule has 0 bridgehead atoms. The molecule has 0 atom stereocenters. The van der Waals surface area contributed by atoms with Crippen LogP contribution in [0.2, 0.25) is 0 Å². The Labute approximate surface area is 105 Å². The lowest BCUT2D eigenvalue weighted by molar-refractivity contribution is -0.671. The number of thiazole rings is 1. The molecule has 0 aliphatic rings. The summed E-state index contributed by atoms with van der Waals surface area (Å²) in [6, 6.07) is 4.12. The van der Waals surface area contributed by atoms with Gasteiger partial charge in [0.15, 0.2) is 12.4 Å². The van der Waals surface area contributed by atoms with Gasteiger partial charge >= 0.3 is 0 Å². The highest BCUT2D eigenvalue weighted by molar-refractivity contribution is 7.13. The topological polar surface area (TPSA) is 16.8 Å². The Morgan fingerprint density at radius 2 is 2.21 bits per heavy atom. The molecule has 74 valence electrons. The summed E-state index contributed by atoms with van der Waals surface area (Å²) >= 11 is 1.69. The number of nitrogens with zero attached hydrogens (tertiary/aromatic N) is 2. The summed E-state index contributed by atoms with van der Waals surface area (Å²) in [7, 11) is 2.02. The maximum Gasteiger partial charge on any atom is 0.178 e. The van der Waals surface area contributed by atoms with Crippen molar-refractivity contribution in [3.05, 3.63) is 35.6 Å². The summed E-state index contributed by atoms with van der Waals surface area (Å²) in [5.41, 5.74) is 2.27. The van der Waals surface area contributed by atoms with E-state index in [2.05, 4.69) is 22.6 Å². The van der Waals surface area contributed by atoms with Gasteiger partial charge in [0.1, 0.15) is 12.1 Å². The van der Waals surface area contributed by atoms with Crippen LogP contribution < -0.4 is 28.5 Å². The average Bonchev–Trinajstić information content (AvgIpc) is 2.52. The fourth-order valence-corrected chi connectivity index (χ4v) is 1.99. The van der Waals surface area contributed by atoms with Crippen LogP contribution in [0.1, 0.15) is 5.69 Å². The molecule has 0 fully saturated rings. The van der Waals surface area contributed by atoms with Crippen molar-refractivity contribution in [3.8, 4) is 10.6 Å². The Morgan fingerprint density at radius 3 is 2.79 bits per heavy atom. The van der Waals surface area contributed by atoms with Crippen molar-refractivity contribution in [2.45, 2.75) is 6.92 Å². The van der Waals surface area contributed by atoms with Gasteiger partial charge in [0, 0.05) is 17.1 Å². The van der Waals surface area contributed by atoms with E-state index >= 15 is 0 Å². The molecule has 2 heterocycles. The molecule has 2 aromatic heterocycles. The summed E-state index contributed by atoms with van der Waals surface area (Å²) in [4.78, 5) is 4.43. The predicted molar refractivity (Wildman–Crippen MR) is 53.5 cm³/mol. The fourth-order valence-electron chi connectivity index (χ4n) is 1.20. The molecule has 0 aromatic carbocycles. The smallest absolute Gasteiger partial charge is 0.178 e. The van der Waals surface area contributed by atoms with Crippen LogP contribution in [-0.4, -0.2) is 4.98 Å². The Morgan fingerprint density at radius 1 is 1.43 bits per heavy atom. The maximum atomic E-state index is 4.43. The minimum absolute atomic E-state index is 0. The van der Waals surface area contributed by atoms with E-state index in [4.69, 9.17) is 0 Å². The van der Waals surface area contributed by atoms with Gasteiger partial charge < -0.3 is 24.0 Å². The number of hydrogen-bond acceptors (Lipinski definition) is 2. The van der Waals surface area contributed by atoms with Gasteiger partial charge in [-0.2, -0.15) is 0 Å². The van der Waals surface area contributed by atoms with E-state index in [9.17, 15) is 0 Å². The summed E-state index contributed by atoms with van der Waals surface area (Å²) in [5, 5.41) is 3.16. The first-order chi connectivity index (χ1) is 6.25. The van der Waals surface area contributed by atoms with Crippen LogP contribution in [0, 0.1) is 6.92 Å². The Hall–Kier alpha value is -0.490. The minimum atomic E-state index is 0. The molecule has 0 aliphatic carbocycles. The first kappa shape index (κ1) is 11.6. The van der Waals surface area contributed by atoms with Gasteiger partial charge in [0.05, 0.1) is 5.56 Å². The van der Waals surface area contributed by atoms with E-state index in [1.165, 1.54) is 5.56 Å². The zero-order chi connectivity index (χ0) is 9.26. The Bertz CT molecular complexity index is 426. The molecule has 4 heteroatoms. The average molecular weight is 318 g/mol. The van der Waals surface area contributed by atoms with Crippen LogP contribution >= 0.6 is 11.3 Å². The molecule has 0 amide bonds. The summed E-state index contributed by atoms with van der Waals surface area (Å²) < 4.78 is 2.03. The van der Waals surface area contributed by atoms with Crippen LogP contribution in [0.25, 0.3) is 10.6 Å². The summed E-state index contributed by atoms with van der Waals surface area (Å²) in [5.74, 6) is 0. The molecule has 0 radical (unpaired) electrons. The van der Waals surface area contributed by atoms with Crippen molar-refractivity contribution in [1.82, 2.24) is 4.98 Å². The van der Waals surface area contributed by atoms with Crippen LogP contribution in [-0.2, 0) is 7.05 Å². The molecule has 14 heavy (non-hydrogen) atoms. The molecule has 2 aromatic rings. The van der Waals surface area contributed by atoms with Gasteiger partial charge in [-0.05, 0) is 13.0 Å². The number of aryl methyl sites for hydroxylation is 2. The van der Waals surface area contributed by atoms with Crippen molar-refractivity contribution < 1.29 is 28.5 Å². The number of rotatable bonds is 1. The van der Waals surface area contributed by atoms with E-state index in [0.29, 0.717) is 0 Å². The predicted octanol–water partition coefficient (Wildman–Crippen LogP) is -1.05. The second kappa shape index (κ2) is 4.84. The van der Waals surface area contributed by atoms with Gasteiger partial charge in [-0.15, -0.1) is 11.3 Å². The second-order valence-corrected chi connectivity index (χ2v) is 3.91. The summed E-state index contributed by atoms with van der Waals surface area (Å²) in [6.45, 7) is 2.02. The van der Waals surface area contributed by atoms with E-state index in [0.717, 1.165) is 10.7 Å². The lowest BCUT2D eigenvalue weighted by Gasteiger charge is -1.92. The number of halogens is 1. The molecular weight excluding hydrogens is 307 g/mol. The van der Waals surface area contributed by atoms with Crippen molar-refractivity contribution in [2.75, 3.05) is 0 Å². The molecular formula is C10H11IN2S. The van der Waals surface area contributed by atoms with E-state index in [-0.39, 0.29) is 24.0 Å².